The fourth-order valence-corrected chi connectivity index (χ4v) is 3.04. The van der Waals surface area contributed by atoms with Crippen LogP contribution in [0.1, 0.15) is 25.7 Å². The molecule has 0 radical (unpaired) electrons. The number of hydrogen-bond acceptors (Lipinski definition) is 4. The van der Waals surface area contributed by atoms with Gasteiger partial charge in [0.1, 0.15) is 0 Å². The summed E-state index contributed by atoms with van der Waals surface area (Å²) in [6.07, 6.45) is 5.08. The summed E-state index contributed by atoms with van der Waals surface area (Å²) >= 11 is 0. The lowest BCUT2D eigenvalue weighted by atomic mass is 10.1. The molecule has 0 aromatic rings. The molecule has 4 heteroatoms. The van der Waals surface area contributed by atoms with Crippen LogP contribution in [0.15, 0.2) is 0 Å². The highest BCUT2D eigenvalue weighted by atomic mass is 16.5. The predicted octanol–water partition coefficient (Wildman–Crippen LogP) is 0.866. The van der Waals surface area contributed by atoms with Crippen molar-refractivity contribution in [2.75, 3.05) is 46.6 Å². The summed E-state index contributed by atoms with van der Waals surface area (Å²) in [6.45, 7) is 6.03. The van der Waals surface area contributed by atoms with Crippen LogP contribution in [0.4, 0.5) is 0 Å². The molecule has 0 bridgehead atoms. The first kappa shape index (κ1) is 13.3. The molecule has 17 heavy (non-hydrogen) atoms. The van der Waals surface area contributed by atoms with Gasteiger partial charge in [0.25, 0.3) is 0 Å². The average Bonchev–Trinajstić information content (AvgIpc) is 2.92. The molecule has 0 aromatic carbocycles. The molecule has 2 fully saturated rings. The third-order valence-corrected chi connectivity index (χ3v) is 3.90. The molecule has 2 saturated heterocycles. The third kappa shape index (κ3) is 3.91. The lowest BCUT2D eigenvalue weighted by Crippen LogP contribution is -2.40. The summed E-state index contributed by atoms with van der Waals surface area (Å²) in [5.74, 6) is 0. The van der Waals surface area contributed by atoms with E-state index in [9.17, 15) is 0 Å². The van der Waals surface area contributed by atoms with Gasteiger partial charge in [-0.2, -0.15) is 0 Å². The van der Waals surface area contributed by atoms with E-state index >= 15 is 0 Å². The molecule has 1 N–H and O–H groups in total. The van der Waals surface area contributed by atoms with Crippen molar-refractivity contribution in [2.24, 2.45) is 0 Å². The Morgan fingerprint density at radius 3 is 3.00 bits per heavy atom. The van der Waals surface area contributed by atoms with Crippen LogP contribution in [-0.4, -0.2) is 63.5 Å². The van der Waals surface area contributed by atoms with Crippen LogP contribution in [0.25, 0.3) is 0 Å². The number of nitrogens with zero attached hydrogens (tertiary/aromatic N) is 1. The number of nitrogens with one attached hydrogen (secondary N) is 1. The van der Waals surface area contributed by atoms with Gasteiger partial charge in [-0.1, -0.05) is 0 Å². The minimum atomic E-state index is 0.708. The minimum absolute atomic E-state index is 0.708. The molecule has 4 nitrogen and oxygen atoms in total. The van der Waals surface area contributed by atoms with Crippen LogP contribution in [0, 0.1) is 0 Å². The fourth-order valence-electron chi connectivity index (χ4n) is 3.04. The zero-order valence-corrected chi connectivity index (χ0v) is 11.0. The average molecular weight is 242 g/mol. The van der Waals surface area contributed by atoms with E-state index in [1.165, 1.54) is 32.4 Å². The van der Waals surface area contributed by atoms with Gasteiger partial charge < -0.3 is 14.8 Å². The van der Waals surface area contributed by atoms with Crippen molar-refractivity contribution in [1.29, 1.82) is 0 Å². The molecule has 0 aromatic heterocycles. The van der Waals surface area contributed by atoms with E-state index < -0.39 is 0 Å². The van der Waals surface area contributed by atoms with Gasteiger partial charge in [0.15, 0.2) is 0 Å². The Bertz CT molecular complexity index is 214. The molecule has 0 spiro atoms. The number of methoxy groups -OCH3 is 1. The van der Waals surface area contributed by atoms with Crippen molar-refractivity contribution >= 4 is 0 Å². The summed E-state index contributed by atoms with van der Waals surface area (Å²) in [5.41, 5.74) is 0. The second kappa shape index (κ2) is 7.31. The Balaban J connectivity index is 1.48. The van der Waals surface area contributed by atoms with Crippen LogP contribution >= 0.6 is 0 Å². The van der Waals surface area contributed by atoms with Gasteiger partial charge in [0.05, 0.1) is 6.61 Å². The van der Waals surface area contributed by atoms with E-state index in [0.29, 0.717) is 6.04 Å². The maximum Gasteiger partial charge on any atom is 0.0591 e. The highest BCUT2D eigenvalue weighted by Crippen LogP contribution is 2.27. The molecule has 0 amide bonds. The number of hydrogen-bond donors (Lipinski definition) is 1. The molecule has 0 aliphatic carbocycles. The normalized spacial score (nSPS) is 28.8. The van der Waals surface area contributed by atoms with Gasteiger partial charge in [-0.05, 0) is 32.2 Å². The van der Waals surface area contributed by atoms with Gasteiger partial charge >= 0.3 is 0 Å². The van der Waals surface area contributed by atoms with Crippen LogP contribution in [-0.2, 0) is 9.47 Å². The molecule has 2 aliphatic rings. The highest BCUT2D eigenvalue weighted by molar-refractivity contribution is 4.95. The molecule has 2 atom stereocenters. The fraction of sp³-hybridized carbons (Fsp3) is 1.00. The second-order valence-corrected chi connectivity index (χ2v) is 5.05. The summed E-state index contributed by atoms with van der Waals surface area (Å²) < 4.78 is 10.5. The molecule has 2 heterocycles. The standard InChI is InChI=1S/C13H26N2O2/c1-16-9-3-10-17-11-6-14-12-5-8-15-7-2-4-13(12)15/h12-14H,2-11H2,1H3. The minimum Gasteiger partial charge on any atom is -0.385 e. The van der Waals surface area contributed by atoms with Crippen molar-refractivity contribution in [3.63, 3.8) is 0 Å². The molecular weight excluding hydrogens is 216 g/mol. The summed E-state index contributed by atoms with van der Waals surface area (Å²) in [7, 11) is 1.73. The maximum absolute atomic E-state index is 5.55. The molecule has 2 aliphatic heterocycles. The van der Waals surface area contributed by atoms with E-state index in [-0.39, 0.29) is 0 Å². The molecule has 100 valence electrons. The number of fused-ring (bicyclic) bond motifs is 1. The first-order valence-electron chi connectivity index (χ1n) is 6.96. The zero-order chi connectivity index (χ0) is 11.9. The smallest absolute Gasteiger partial charge is 0.0591 e. The van der Waals surface area contributed by atoms with Gasteiger partial charge in [0, 0.05) is 45.5 Å². The van der Waals surface area contributed by atoms with E-state index in [0.717, 1.165) is 38.8 Å². The van der Waals surface area contributed by atoms with Gasteiger partial charge in [0.2, 0.25) is 0 Å². The Morgan fingerprint density at radius 1 is 1.18 bits per heavy atom. The lowest BCUT2D eigenvalue weighted by Gasteiger charge is -2.21. The van der Waals surface area contributed by atoms with Crippen molar-refractivity contribution < 1.29 is 9.47 Å². The number of rotatable bonds is 8. The van der Waals surface area contributed by atoms with Crippen molar-refractivity contribution in [3.8, 4) is 0 Å². The third-order valence-electron chi connectivity index (χ3n) is 3.90. The lowest BCUT2D eigenvalue weighted by molar-refractivity contribution is 0.102. The van der Waals surface area contributed by atoms with Crippen LogP contribution in [0.3, 0.4) is 0 Å². The quantitative estimate of drug-likeness (QED) is 0.640. The van der Waals surface area contributed by atoms with Crippen molar-refractivity contribution in [2.45, 2.75) is 37.8 Å². The zero-order valence-electron chi connectivity index (χ0n) is 11.0. The molecule has 2 rings (SSSR count). The molecule has 2 unspecified atom stereocenters. The predicted molar refractivity (Wildman–Crippen MR) is 68.3 cm³/mol. The largest absolute Gasteiger partial charge is 0.385 e. The van der Waals surface area contributed by atoms with Crippen LogP contribution in [0.5, 0.6) is 0 Å². The molecular formula is C13H26N2O2. The Morgan fingerprint density at radius 2 is 2.12 bits per heavy atom. The first-order chi connectivity index (χ1) is 8.42. The SMILES string of the molecule is COCCCOCCNC1CCN2CCCC12. The second-order valence-electron chi connectivity index (χ2n) is 5.05. The van der Waals surface area contributed by atoms with Crippen LogP contribution in [0.2, 0.25) is 0 Å². The topological polar surface area (TPSA) is 33.7 Å². The van der Waals surface area contributed by atoms with Gasteiger partial charge in [-0.15, -0.1) is 0 Å². The monoisotopic (exact) mass is 242 g/mol. The van der Waals surface area contributed by atoms with E-state index in [1.807, 2.05) is 0 Å². The van der Waals surface area contributed by atoms with Gasteiger partial charge in [-0.25, -0.2) is 0 Å². The summed E-state index contributed by atoms with van der Waals surface area (Å²) in [5, 5.41) is 3.65. The summed E-state index contributed by atoms with van der Waals surface area (Å²) in [4.78, 5) is 2.64. The first-order valence-corrected chi connectivity index (χ1v) is 6.96. The van der Waals surface area contributed by atoms with Crippen LogP contribution < -0.4 is 5.32 Å². The highest BCUT2D eigenvalue weighted by Gasteiger charge is 2.36. The Hall–Kier alpha value is -0.160. The number of ether oxygens (including phenoxy) is 2. The van der Waals surface area contributed by atoms with Crippen molar-refractivity contribution in [1.82, 2.24) is 10.2 Å². The van der Waals surface area contributed by atoms with E-state index in [1.54, 1.807) is 7.11 Å². The Labute approximate surface area is 105 Å². The van der Waals surface area contributed by atoms with Crippen molar-refractivity contribution in [3.05, 3.63) is 0 Å². The molecule has 0 saturated carbocycles. The van der Waals surface area contributed by atoms with Gasteiger partial charge in [-0.3, -0.25) is 4.90 Å². The van der Waals surface area contributed by atoms with E-state index in [4.69, 9.17) is 9.47 Å². The Kier molecular flexibility index (Phi) is 5.71. The maximum atomic E-state index is 5.55. The van der Waals surface area contributed by atoms with E-state index in [2.05, 4.69) is 10.2 Å². The summed E-state index contributed by atoms with van der Waals surface area (Å²) in [6, 6.07) is 1.52.